The Labute approximate surface area is 186 Å². The molecule has 0 atom stereocenters. The number of hydrogen-bond donors (Lipinski definition) is 1. The summed E-state index contributed by atoms with van der Waals surface area (Å²) in [5.41, 5.74) is 8.38. The second kappa shape index (κ2) is 8.51. The number of benzene rings is 1. The number of nitrogens with zero attached hydrogens (tertiary/aromatic N) is 5. The molecule has 5 aromatic rings. The SMILES string of the molecule is Cc1cc(-c2ccc(CNc3ncnc4cc(-c5ccncc5C)ccc34)cn2)ccn1. The lowest BCUT2D eigenvalue weighted by molar-refractivity contribution is 1.08. The molecule has 32 heavy (non-hydrogen) atoms. The van der Waals surface area contributed by atoms with Gasteiger partial charge in [-0.05, 0) is 72.5 Å². The van der Waals surface area contributed by atoms with Crippen LogP contribution >= 0.6 is 0 Å². The average molecular weight is 419 g/mol. The van der Waals surface area contributed by atoms with E-state index in [-0.39, 0.29) is 0 Å². The molecule has 4 heterocycles. The zero-order valence-electron chi connectivity index (χ0n) is 17.9. The number of aryl methyl sites for hydroxylation is 2. The maximum absolute atomic E-state index is 4.61. The minimum absolute atomic E-state index is 0.625. The van der Waals surface area contributed by atoms with Gasteiger partial charge < -0.3 is 5.32 Å². The fraction of sp³-hybridized carbons (Fsp3) is 0.115. The van der Waals surface area contributed by atoms with Crippen LogP contribution in [0.4, 0.5) is 5.82 Å². The van der Waals surface area contributed by atoms with Gasteiger partial charge in [-0.1, -0.05) is 12.1 Å². The summed E-state index contributed by atoms with van der Waals surface area (Å²) in [5.74, 6) is 0.807. The van der Waals surface area contributed by atoms with E-state index in [1.807, 2.05) is 56.0 Å². The maximum Gasteiger partial charge on any atom is 0.137 e. The zero-order chi connectivity index (χ0) is 21.9. The van der Waals surface area contributed by atoms with Crippen LogP contribution < -0.4 is 5.32 Å². The summed E-state index contributed by atoms with van der Waals surface area (Å²) in [6.45, 7) is 4.67. The first-order chi connectivity index (χ1) is 15.7. The van der Waals surface area contributed by atoms with Crippen molar-refractivity contribution in [2.75, 3.05) is 5.32 Å². The van der Waals surface area contributed by atoms with Crippen LogP contribution in [0, 0.1) is 13.8 Å². The molecule has 0 saturated heterocycles. The van der Waals surface area contributed by atoms with Crippen LogP contribution in [0.15, 0.2) is 79.6 Å². The monoisotopic (exact) mass is 418 g/mol. The third kappa shape index (κ3) is 4.03. The lowest BCUT2D eigenvalue weighted by Gasteiger charge is -2.11. The van der Waals surface area contributed by atoms with Crippen LogP contribution in [0.3, 0.4) is 0 Å². The molecule has 0 aliphatic carbocycles. The van der Waals surface area contributed by atoms with Gasteiger partial charge in [0.1, 0.15) is 12.1 Å². The van der Waals surface area contributed by atoms with Crippen molar-refractivity contribution in [1.29, 1.82) is 0 Å². The number of fused-ring (bicyclic) bond motifs is 1. The molecule has 1 aromatic carbocycles. The minimum Gasteiger partial charge on any atom is -0.365 e. The van der Waals surface area contributed by atoms with Crippen molar-refractivity contribution in [3.63, 3.8) is 0 Å². The van der Waals surface area contributed by atoms with Crippen molar-refractivity contribution in [3.05, 3.63) is 96.5 Å². The molecular weight excluding hydrogens is 396 g/mol. The van der Waals surface area contributed by atoms with Crippen LogP contribution in [-0.2, 0) is 6.54 Å². The van der Waals surface area contributed by atoms with Crippen LogP contribution in [0.2, 0.25) is 0 Å². The Morgan fingerprint density at radius 3 is 2.53 bits per heavy atom. The Bertz CT molecular complexity index is 1400. The van der Waals surface area contributed by atoms with Gasteiger partial charge in [0.15, 0.2) is 0 Å². The van der Waals surface area contributed by atoms with Gasteiger partial charge >= 0.3 is 0 Å². The number of hydrogen-bond acceptors (Lipinski definition) is 6. The van der Waals surface area contributed by atoms with Gasteiger partial charge in [0, 0.05) is 48.0 Å². The molecule has 0 bridgehead atoms. The van der Waals surface area contributed by atoms with Gasteiger partial charge in [-0.2, -0.15) is 0 Å². The fourth-order valence-electron chi connectivity index (χ4n) is 3.75. The molecule has 0 aliphatic heterocycles. The van der Waals surface area contributed by atoms with E-state index in [2.05, 4.69) is 61.4 Å². The molecule has 6 heteroatoms. The zero-order valence-corrected chi connectivity index (χ0v) is 17.9. The van der Waals surface area contributed by atoms with Crippen molar-refractivity contribution in [2.45, 2.75) is 20.4 Å². The first kappa shape index (κ1) is 19.8. The first-order valence-electron chi connectivity index (χ1n) is 10.4. The van der Waals surface area contributed by atoms with Crippen molar-refractivity contribution < 1.29 is 0 Å². The predicted octanol–water partition coefficient (Wildman–Crippen LogP) is 5.38. The minimum atomic E-state index is 0.625. The Morgan fingerprint density at radius 2 is 1.72 bits per heavy atom. The third-order valence-electron chi connectivity index (χ3n) is 5.44. The first-order valence-corrected chi connectivity index (χ1v) is 10.4. The highest BCUT2D eigenvalue weighted by molar-refractivity contribution is 5.92. The number of nitrogens with one attached hydrogen (secondary N) is 1. The van der Waals surface area contributed by atoms with Gasteiger partial charge in [-0.3, -0.25) is 15.0 Å². The van der Waals surface area contributed by atoms with E-state index in [0.717, 1.165) is 55.9 Å². The molecule has 0 fully saturated rings. The van der Waals surface area contributed by atoms with E-state index in [0.29, 0.717) is 6.54 Å². The summed E-state index contributed by atoms with van der Waals surface area (Å²) in [7, 11) is 0. The molecule has 1 N–H and O–H groups in total. The largest absolute Gasteiger partial charge is 0.365 e. The molecule has 0 unspecified atom stereocenters. The van der Waals surface area contributed by atoms with E-state index in [1.165, 1.54) is 0 Å². The molecule has 0 amide bonds. The topological polar surface area (TPSA) is 76.5 Å². The van der Waals surface area contributed by atoms with Crippen LogP contribution in [0.1, 0.15) is 16.8 Å². The summed E-state index contributed by atoms with van der Waals surface area (Å²) in [4.78, 5) is 22.0. The number of rotatable bonds is 5. The van der Waals surface area contributed by atoms with E-state index >= 15 is 0 Å². The van der Waals surface area contributed by atoms with Crippen molar-refractivity contribution in [1.82, 2.24) is 24.9 Å². The maximum atomic E-state index is 4.61. The quantitative estimate of drug-likeness (QED) is 0.413. The van der Waals surface area contributed by atoms with Gasteiger partial charge in [0.05, 0.1) is 11.2 Å². The highest BCUT2D eigenvalue weighted by Gasteiger charge is 2.08. The second-order valence-corrected chi connectivity index (χ2v) is 7.74. The van der Waals surface area contributed by atoms with Gasteiger partial charge in [-0.25, -0.2) is 9.97 Å². The summed E-state index contributed by atoms with van der Waals surface area (Å²) >= 11 is 0. The molecule has 0 saturated carbocycles. The van der Waals surface area contributed by atoms with Gasteiger partial charge in [0.2, 0.25) is 0 Å². The summed E-state index contributed by atoms with van der Waals surface area (Å²) in [5, 5.41) is 4.42. The summed E-state index contributed by atoms with van der Waals surface area (Å²) in [6.07, 6.45) is 8.99. The molecule has 156 valence electrons. The Hall–Kier alpha value is -4.19. The highest BCUT2D eigenvalue weighted by Crippen LogP contribution is 2.28. The molecule has 0 radical (unpaired) electrons. The summed E-state index contributed by atoms with van der Waals surface area (Å²) in [6, 6.07) is 16.4. The van der Waals surface area contributed by atoms with Crippen LogP contribution in [0.25, 0.3) is 33.3 Å². The van der Waals surface area contributed by atoms with Gasteiger partial charge in [0.25, 0.3) is 0 Å². The Morgan fingerprint density at radius 1 is 0.781 bits per heavy atom. The number of pyridine rings is 3. The molecule has 4 aromatic heterocycles. The van der Waals surface area contributed by atoms with Crippen LogP contribution in [0.5, 0.6) is 0 Å². The van der Waals surface area contributed by atoms with Crippen LogP contribution in [-0.4, -0.2) is 24.9 Å². The lowest BCUT2D eigenvalue weighted by Crippen LogP contribution is -2.03. The van der Waals surface area contributed by atoms with Gasteiger partial charge in [-0.15, -0.1) is 0 Å². The molecule has 5 rings (SSSR count). The molecule has 0 spiro atoms. The average Bonchev–Trinajstić information content (AvgIpc) is 2.83. The van der Waals surface area contributed by atoms with E-state index in [4.69, 9.17) is 0 Å². The van der Waals surface area contributed by atoms with Crippen molar-refractivity contribution in [3.8, 4) is 22.4 Å². The molecule has 6 nitrogen and oxygen atoms in total. The number of anilines is 1. The highest BCUT2D eigenvalue weighted by atomic mass is 15.0. The lowest BCUT2D eigenvalue weighted by atomic mass is 10.0. The van der Waals surface area contributed by atoms with Crippen molar-refractivity contribution >= 4 is 16.7 Å². The second-order valence-electron chi connectivity index (χ2n) is 7.74. The Balaban J connectivity index is 1.36. The van der Waals surface area contributed by atoms with Crippen molar-refractivity contribution in [2.24, 2.45) is 0 Å². The smallest absolute Gasteiger partial charge is 0.137 e. The van der Waals surface area contributed by atoms with E-state index < -0.39 is 0 Å². The number of aromatic nitrogens is 5. The fourth-order valence-corrected chi connectivity index (χ4v) is 3.75. The third-order valence-corrected chi connectivity index (χ3v) is 5.44. The summed E-state index contributed by atoms with van der Waals surface area (Å²) < 4.78 is 0. The predicted molar refractivity (Wildman–Crippen MR) is 127 cm³/mol. The molecular formula is C26H22N6. The molecule has 0 aliphatic rings. The standard InChI is InChI=1S/C26H22N6/c1-17-13-27-9-8-22(17)20-4-5-23-25(12-20)31-16-32-26(23)30-15-19-3-6-24(29-14-19)21-7-10-28-18(2)11-21/h3-14,16H,15H2,1-2H3,(H,30,31,32). The normalized spacial score (nSPS) is 10.9. The van der Waals surface area contributed by atoms with E-state index in [1.54, 1.807) is 6.33 Å². The Kier molecular flexibility index (Phi) is 5.25. The van der Waals surface area contributed by atoms with E-state index in [9.17, 15) is 0 Å².